The molecule has 3 aromatic rings. The van der Waals surface area contributed by atoms with Crippen molar-refractivity contribution in [2.24, 2.45) is 0 Å². The van der Waals surface area contributed by atoms with E-state index in [2.05, 4.69) is 24.0 Å². The molecule has 3 nitrogen and oxygen atoms in total. The highest BCUT2D eigenvalue weighted by Crippen LogP contribution is 2.19. The molecule has 0 bridgehead atoms. The molecular weight excluding hydrogens is 260 g/mol. The molecular formula is C18H18N2O. The molecule has 0 unspecified atom stereocenters. The second-order valence-corrected chi connectivity index (χ2v) is 5.40. The van der Waals surface area contributed by atoms with Crippen LogP contribution < -0.4 is 0 Å². The second kappa shape index (κ2) is 5.44. The Kier molecular flexibility index (Phi) is 3.48. The average molecular weight is 278 g/mol. The molecule has 0 aliphatic rings. The number of aromatic amines is 1. The third kappa shape index (κ3) is 2.68. The zero-order chi connectivity index (χ0) is 14.8. The van der Waals surface area contributed by atoms with Crippen LogP contribution in [-0.4, -0.2) is 22.8 Å². The van der Waals surface area contributed by atoms with Crippen molar-refractivity contribution in [2.75, 3.05) is 7.05 Å². The molecule has 0 radical (unpaired) electrons. The fourth-order valence-electron chi connectivity index (χ4n) is 2.61. The summed E-state index contributed by atoms with van der Waals surface area (Å²) < 4.78 is 0. The van der Waals surface area contributed by atoms with Crippen LogP contribution in [0.4, 0.5) is 0 Å². The number of carbonyl (C=O) groups is 1. The molecule has 0 aliphatic carbocycles. The predicted molar refractivity (Wildman–Crippen MR) is 85.3 cm³/mol. The molecule has 0 saturated heterocycles. The summed E-state index contributed by atoms with van der Waals surface area (Å²) in [5, 5.41) is 0.971. The SMILES string of the molecule is Cc1cccc(CN(C)C(=O)c2c[nH]c3ccccc23)c1. The molecule has 1 amide bonds. The maximum Gasteiger partial charge on any atom is 0.256 e. The van der Waals surface area contributed by atoms with E-state index in [0.29, 0.717) is 6.54 Å². The number of amides is 1. The van der Waals surface area contributed by atoms with Crippen molar-refractivity contribution in [2.45, 2.75) is 13.5 Å². The molecule has 2 aromatic carbocycles. The summed E-state index contributed by atoms with van der Waals surface area (Å²) in [6.45, 7) is 2.67. The molecule has 0 fully saturated rings. The first-order valence-electron chi connectivity index (χ1n) is 7.02. The standard InChI is InChI=1S/C18H18N2O/c1-13-6-5-7-14(10-13)12-20(2)18(21)16-11-19-17-9-4-3-8-15(16)17/h3-11,19H,12H2,1-2H3. The molecule has 3 rings (SSSR count). The Labute approximate surface area is 124 Å². The van der Waals surface area contributed by atoms with Crippen LogP contribution in [-0.2, 0) is 6.54 Å². The lowest BCUT2D eigenvalue weighted by molar-refractivity contribution is 0.0787. The zero-order valence-electron chi connectivity index (χ0n) is 12.3. The van der Waals surface area contributed by atoms with Gasteiger partial charge in [-0.3, -0.25) is 4.79 Å². The fourth-order valence-corrected chi connectivity index (χ4v) is 2.61. The topological polar surface area (TPSA) is 36.1 Å². The normalized spacial score (nSPS) is 10.8. The van der Waals surface area contributed by atoms with Crippen LogP contribution in [0, 0.1) is 6.92 Å². The highest BCUT2D eigenvalue weighted by molar-refractivity contribution is 6.06. The van der Waals surface area contributed by atoms with Gasteiger partial charge in [-0.25, -0.2) is 0 Å². The van der Waals surface area contributed by atoms with E-state index in [1.807, 2.05) is 43.4 Å². The van der Waals surface area contributed by atoms with Gasteiger partial charge in [0.05, 0.1) is 5.56 Å². The summed E-state index contributed by atoms with van der Waals surface area (Å²) in [5.74, 6) is 0.0361. The molecule has 106 valence electrons. The number of nitrogens with one attached hydrogen (secondary N) is 1. The number of fused-ring (bicyclic) bond motifs is 1. The molecule has 0 atom stereocenters. The van der Waals surface area contributed by atoms with E-state index in [1.165, 1.54) is 5.56 Å². The number of para-hydroxylation sites is 1. The van der Waals surface area contributed by atoms with Crippen LogP contribution in [0.3, 0.4) is 0 Å². The third-order valence-corrected chi connectivity index (χ3v) is 3.67. The van der Waals surface area contributed by atoms with Crippen LogP contribution in [0.15, 0.2) is 54.7 Å². The first kappa shape index (κ1) is 13.4. The van der Waals surface area contributed by atoms with Crippen molar-refractivity contribution >= 4 is 16.8 Å². The smallest absolute Gasteiger partial charge is 0.256 e. The molecule has 0 spiro atoms. The molecule has 1 heterocycles. The lowest BCUT2D eigenvalue weighted by Gasteiger charge is -2.17. The molecule has 21 heavy (non-hydrogen) atoms. The van der Waals surface area contributed by atoms with Gasteiger partial charge in [-0.05, 0) is 18.6 Å². The van der Waals surface area contributed by atoms with E-state index >= 15 is 0 Å². The number of aromatic nitrogens is 1. The molecule has 3 heteroatoms. The van der Waals surface area contributed by atoms with E-state index in [9.17, 15) is 4.79 Å². The van der Waals surface area contributed by atoms with Crippen molar-refractivity contribution in [3.63, 3.8) is 0 Å². The Balaban J connectivity index is 1.84. The molecule has 0 saturated carbocycles. The Morgan fingerprint density at radius 2 is 1.95 bits per heavy atom. The van der Waals surface area contributed by atoms with Gasteiger partial charge in [-0.2, -0.15) is 0 Å². The van der Waals surface area contributed by atoms with Gasteiger partial charge in [0.2, 0.25) is 0 Å². The van der Waals surface area contributed by atoms with Gasteiger partial charge in [-0.15, -0.1) is 0 Å². The number of hydrogen-bond donors (Lipinski definition) is 1. The van der Waals surface area contributed by atoms with E-state index in [4.69, 9.17) is 0 Å². The maximum atomic E-state index is 12.6. The largest absolute Gasteiger partial charge is 0.360 e. The van der Waals surface area contributed by atoms with Gasteiger partial charge < -0.3 is 9.88 Å². The molecule has 1 N–H and O–H groups in total. The summed E-state index contributed by atoms with van der Waals surface area (Å²) in [6, 6.07) is 16.1. The van der Waals surface area contributed by atoms with Crippen LogP contribution in [0.2, 0.25) is 0 Å². The van der Waals surface area contributed by atoms with Crippen LogP contribution in [0.1, 0.15) is 21.5 Å². The van der Waals surface area contributed by atoms with Gasteiger partial charge >= 0.3 is 0 Å². The quantitative estimate of drug-likeness (QED) is 0.778. The van der Waals surface area contributed by atoms with E-state index in [0.717, 1.165) is 22.0 Å². The minimum atomic E-state index is 0.0361. The van der Waals surface area contributed by atoms with Gasteiger partial charge in [0.25, 0.3) is 5.91 Å². The van der Waals surface area contributed by atoms with Crippen LogP contribution in [0.5, 0.6) is 0 Å². The van der Waals surface area contributed by atoms with Gasteiger partial charge in [0.15, 0.2) is 0 Å². The van der Waals surface area contributed by atoms with Crippen molar-refractivity contribution < 1.29 is 4.79 Å². The maximum absolute atomic E-state index is 12.6. The highest BCUT2D eigenvalue weighted by atomic mass is 16.2. The summed E-state index contributed by atoms with van der Waals surface area (Å²) in [5.41, 5.74) is 4.07. The van der Waals surface area contributed by atoms with Crippen LogP contribution in [0.25, 0.3) is 10.9 Å². The number of hydrogen-bond acceptors (Lipinski definition) is 1. The predicted octanol–water partition coefficient (Wildman–Crippen LogP) is 3.75. The van der Waals surface area contributed by atoms with Gasteiger partial charge in [0, 0.05) is 30.7 Å². The minimum Gasteiger partial charge on any atom is -0.360 e. The average Bonchev–Trinajstić information content (AvgIpc) is 2.90. The summed E-state index contributed by atoms with van der Waals surface area (Å²) in [7, 11) is 1.84. The van der Waals surface area contributed by atoms with E-state index in [-0.39, 0.29) is 5.91 Å². The van der Waals surface area contributed by atoms with E-state index in [1.54, 1.807) is 11.1 Å². The number of rotatable bonds is 3. The Bertz CT molecular complexity index is 789. The number of aryl methyl sites for hydroxylation is 1. The van der Waals surface area contributed by atoms with Crippen molar-refractivity contribution in [3.8, 4) is 0 Å². The summed E-state index contributed by atoms with van der Waals surface area (Å²) in [4.78, 5) is 17.5. The number of carbonyl (C=O) groups excluding carboxylic acids is 1. The van der Waals surface area contributed by atoms with Gasteiger partial charge in [-0.1, -0.05) is 48.0 Å². The third-order valence-electron chi connectivity index (χ3n) is 3.67. The highest BCUT2D eigenvalue weighted by Gasteiger charge is 2.16. The first-order chi connectivity index (χ1) is 10.1. The second-order valence-electron chi connectivity index (χ2n) is 5.40. The molecule has 1 aromatic heterocycles. The van der Waals surface area contributed by atoms with Crippen molar-refractivity contribution in [3.05, 3.63) is 71.4 Å². The Morgan fingerprint density at radius 1 is 1.14 bits per heavy atom. The number of H-pyrrole nitrogens is 1. The molecule has 0 aliphatic heterocycles. The van der Waals surface area contributed by atoms with Crippen molar-refractivity contribution in [1.29, 1.82) is 0 Å². The minimum absolute atomic E-state index is 0.0361. The zero-order valence-corrected chi connectivity index (χ0v) is 12.3. The number of benzene rings is 2. The summed E-state index contributed by atoms with van der Waals surface area (Å²) in [6.07, 6.45) is 1.79. The fraction of sp³-hybridized carbons (Fsp3) is 0.167. The lowest BCUT2D eigenvalue weighted by atomic mass is 10.1. The first-order valence-corrected chi connectivity index (χ1v) is 7.02. The number of nitrogens with zero attached hydrogens (tertiary/aromatic N) is 1. The Morgan fingerprint density at radius 3 is 2.76 bits per heavy atom. The lowest BCUT2D eigenvalue weighted by Crippen LogP contribution is -2.26. The van der Waals surface area contributed by atoms with E-state index < -0.39 is 0 Å². The Hall–Kier alpha value is -2.55. The summed E-state index contributed by atoms with van der Waals surface area (Å²) >= 11 is 0. The van der Waals surface area contributed by atoms with Crippen LogP contribution >= 0.6 is 0 Å². The monoisotopic (exact) mass is 278 g/mol. The van der Waals surface area contributed by atoms with Gasteiger partial charge in [0.1, 0.15) is 0 Å². The van der Waals surface area contributed by atoms with Crippen molar-refractivity contribution in [1.82, 2.24) is 9.88 Å².